The number of aromatic nitrogens is 4. The Labute approximate surface area is 153 Å². The van der Waals surface area contributed by atoms with E-state index in [0.29, 0.717) is 17.8 Å². The molecule has 3 aromatic rings. The molecule has 0 aliphatic rings. The minimum Gasteiger partial charge on any atom is -0.307 e. The van der Waals surface area contributed by atoms with Gasteiger partial charge >= 0.3 is 5.69 Å². The van der Waals surface area contributed by atoms with Crippen molar-refractivity contribution in [3.63, 3.8) is 0 Å². The fraction of sp³-hybridized carbons (Fsp3) is 0.235. The van der Waals surface area contributed by atoms with Crippen LogP contribution in [-0.2, 0) is 11.3 Å². The Morgan fingerprint density at radius 2 is 2.15 bits per heavy atom. The topological polar surface area (TPSA) is 108 Å². The normalized spacial score (nSPS) is 11.9. The summed E-state index contributed by atoms with van der Waals surface area (Å²) in [5.74, 6) is -0.423. The highest BCUT2D eigenvalue weighted by Crippen LogP contribution is 2.18. The van der Waals surface area contributed by atoms with Gasteiger partial charge in [-0.15, -0.1) is 0 Å². The van der Waals surface area contributed by atoms with Crippen molar-refractivity contribution in [2.24, 2.45) is 0 Å². The molecule has 1 atom stereocenters. The summed E-state index contributed by atoms with van der Waals surface area (Å²) in [6, 6.07) is 7.26. The van der Waals surface area contributed by atoms with Crippen molar-refractivity contribution in [3.8, 4) is 0 Å². The number of rotatable bonds is 7. The molecule has 0 fully saturated rings. The van der Waals surface area contributed by atoms with Gasteiger partial charge in [0, 0.05) is 17.8 Å². The first-order valence-corrected chi connectivity index (χ1v) is 8.24. The van der Waals surface area contributed by atoms with Gasteiger partial charge in [-0.2, -0.15) is 10.2 Å². The van der Waals surface area contributed by atoms with E-state index in [1.165, 1.54) is 21.6 Å². The van der Waals surface area contributed by atoms with E-state index in [0.717, 1.165) is 6.20 Å². The molecule has 0 saturated heterocycles. The molecule has 9 nitrogen and oxygen atoms in total. The van der Waals surface area contributed by atoms with E-state index in [4.69, 9.17) is 0 Å². The van der Waals surface area contributed by atoms with Crippen molar-refractivity contribution in [1.29, 1.82) is 0 Å². The van der Waals surface area contributed by atoms with E-state index < -0.39 is 16.9 Å². The van der Waals surface area contributed by atoms with Gasteiger partial charge in [0.2, 0.25) is 5.91 Å². The predicted octanol–water partition coefficient (Wildman–Crippen LogP) is 2.77. The first-order valence-electron chi connectivity index (χ1n) is 8.24. The van der Waals surface area contributed by atoms with Crippen molar-refractivity contribution >= 4 is 17.4 Å². The third-order valence-corrected chi connectivity index (χ3v) is 3.99. The molecular weight excluding hydrogens is 355 g/mol. The first-order chi connectivity index (χ1) is 13.0. The fourth-order valence-electron chi connectivity index (χ4n) is 2.61. The number of nitro groups is 1. The Kier molecular flexibility index (Phi) is 5.25. The maximum Gasteiger partial charge on any atom is 0.307 e. The zero-order valence-electron chi connectivity index (χ0n) is 14.4. The van der Waals surface area contributed by atoms with Gasteiger partial charge in [-0.25, -0.2) is 4.39 Å². The smallest absolute Gasteiger partial charge is 0.307 e. The predicted molar refractivity (Wildman–Crippen MR) is 94.6 cm³/mol. The molecule has 0 saturated carbocycles. The molecule has 1 aromatic carbocycles. The third kappa shape index (κ3) is 4.17. The lowest BCUT2D eigenvalue weighted by atomic mass is 10.2. The minimum atomic E-state index is -0.713. The number of benzene rings is 1. The lowest BCUT2D eigenvalue weighted by Crippen LogP contribution is -2.26. The quantitative estimate of drug-likeness (QED) is 0.507. The molecule has 10 heteroatoms. The number of hydrogen-bond donors (Lipinski definition) is 1. The second-order valence-corrected chi connectivity index (χ2v) is 5.84. The summed E-state index contributed by atoms with van der Waals surface area (Å²) in [4.78, 5) is 22.7. The van der Waals surface area contributed by atoms with Crippen LogP contribution in [0.15, 0.2) is 48.9 Å². The Bertz CT molecular complexity index is 967. The molecule has 3 rings (SSSR count). The van der Waals surface area contributed by atoms with Crippen molar-refractivity contribution in [1.82, 2.24) is 19.6 Å². The number of anilines is 1. The highest BCUT2D eigenvalue weighted by atomic mass is 19.1. The monoisotopic (exact) mass is 372 g/mol. The fourth-order valence-corrected chi connectivity index (χ4v) is 2.61. The van der Waals surface area contributed by atoms with Crippen LogP contribution in [-0.4, -0.2) is 30.4 Å². The second kappa shape index (κ2) is 7.77. The van der Waals surface area contributed by atoms with Crippen molar-refractivity contribution in [2.75, 3.05) is 5.32 Å². The Balaban J connectivity index is 1.69. The Morgan fingerprint density at radius 3 is 2.81 bits per heavy atom. The van der Waals surface area contributed by atoms with Crippen LogP contribution in [0.1, 0.15) is 24.9 Å². The third-order valence-electron chi connectivity index (χ3n) is 3.99. The van der Waals surface area contributed by atoms with Crippen LogP contribution >= 0.6 is 0 Å². The number of halogens is 1. The molecule has 2 aromatic heterocycles. The van der Waals surface area contributed by atoms with E-state index >= 15 is 0 Å². The minimum absolute atomic E-state index is 0.185. The molecule has 0 radical (unpaired) electrons. The van der Waals surface area contributed by atoms with Crippen LogP contribution < -0.4 is 5.32 Å². The summed E-state index contributed by atoms with van der Waals surface area (Å²) in [6.45, 7) is 2.00. The summed E-state index contributed by atoms with van der Waals surface area (Å²) in [6.07, 6.45) is 4.33. The zero-order chi connectivity index (χ0) is 19.4. The van der Waals surface area contributed by atoms with E-state index in [1.54, 1.807) is 37.4 Å². The van der Waals surface area contributed by atoms with E-state index in [9.17, 15) is 19.3 Å². The summed E-state index contributed by atoms with van der Waals surface area (Å²) in [5.41, 5.74) is 0.296. The average Bonchev–Trinajstić information content (AvgIpc) is 3.28. The first kappa shape index (κ1) is 18.2. The van der Waals surface area contributed by atoms with Gasteiger partial charge < -0.3 is 5.32 Å². The molecule has 0 aliphatic carbocycles. The van der Waals surface area contributed by atoms with E-state index in [2.05, 4.69) is 15.5 Å². The molecule has 1 amide bonds. The largest absolute Gasteiger partial charge is 0.307 e. The summed E-state index contributed by atoms with van der Waals surface area (Å²) in [7, 11) is 0. The van der Waals surface area contributed by atoms with Gasteiger partial charge in [-0.3, -0.25) is 24.3 Å². The van der Waals surface area contributed by atoms with Crippen LogP contribution in [0.5, 0.6) is 0 Å². The molecule has 140 valence electrons. The van der Waals surface area contributed by atoms with Crippen molar-refractivity contribution in [2.45, 2.75) is 25.9 Å². The van der Waals surface area contributed by atoms with Gasteiger partial charge in [0.1, 0.15) is 24.3 Å². The highest BCUT2D eigenvalue weighted by molar-refractivity contribution is 5.92. The molecule has 1 N–H and O–H groups in total. The number of nitrogens with one attached hydrogen (secondary N) is 1. The average molecular weight is 372 g/mol. The summed E-state index contributed by atoms with van der Waals surface area (Å²) < 4.78 is 16.5. The van der Waals surface area contributed by atoms with Gasteiger partial charge in [-0.05, 0) is 12.5 Å². The second-order valence-electron chi connectivity index (χ2n) is 5.84. The standard InChI is InChI=1S/C17H17FN6O3/c1-2-15(23-11-13(9-19-23)24(26)27)17(25)20-16-7-8-22(21-16)10-12-5-3-4-6-14(12)18/h3-9,11,15H,2,10H2,1H3,(H,20,21,25). The summed E-state index contributed by atoms with van der Waals surface area (Å²) >= 11 is 0. The molecule has 2 heterocycles. The van der Waals surface area contributed by atoms with E-state index in [-0.39, 0.29) is 18.0 Å². The molecule has 0 aliphatic heterocycles. The van der Waals surface area contributed by atoms with Gasteiger partial charge in [0.25, 0.3) is 0 Å². The van der Waals surface area contributed by atoms with Crippen LogP contribution in [0, 0.1) is 15.9 Å². The van der Waals surface area contributed by atoms with Crippen LogP contribution in [0.3, 0.4) is 0 Å². The SMILES string of the molecule is CCC(C(=O)Nc1ccn(Cc2ccccc2F)n1)n1cc([N+](=O)[O-])cn1. The highest BCUT2D eigenvalue weighted by Gasteiger charge is 2.22. The lowest BCUT2D eigenvalue weighted by molar-refractivity contribution is -0.385. The van der Waals surface area contributed by atoms with Gasteiger partial charge in [0.15, 0.2) is 5.82 Å². The van der Waals surface area contributed by atoms with Gasteiger partial charge in [-0.1, -0.05) is 25.1 Å². The van der Waals surface area contributed by atoms with Gasteiger partial charge in [0.05, 0.1) is 11.5 Å². The number of carbonyl (C=O) groups is 1. The van der Waals surface area contributed by atoms with Crippen molar-refractivity contribution < 1.29 is 14.1 Å². The number of nitrogens with zero attached hydrogens (tertiary/aromatic N) is 5. The van der Waals surface area contributed by atoms with Crippen molar-refractivity contribution in [3.05, 3.63) is 70.4 Å². The number of amides is 1. The zero-order valence-corrected chi connectivity index (χ0v) is 14.4. The Hall–Kier alpha value is -3.56. The molecule has 1 unspecified atom stereocenters. The lowest BCUT2D eigenvalue weighted by Gasteiger charge is -2.14. The molecule has 27 heavy (non-hydrogen) atoms. The molecule has 0 bridgehead atoms. The van der Waals surface area contributed by atoms with Crippen LogP contribution in [0.2, 0.25) is 0 Å². The number of hydrogen-bond acceptors (Lipinski definition) is 5. The summed E-state index contributed by atoms with van der Waals surface area (Å²) in [5, 5.41) is 21.5. The molecular formula is C17H17FN6O3. The maximum atomic E-state index is 13.7. The van der Waals surface area contributed by atoms with Crippen LogP contribution in [0.25, 0.3) is 0 Å². The molecule has 0 spiro atoms. The van der Waals surface area contributed by atoms with Crippen LogP contribution in [0.4, 0.5) is 15.9 Å². The van der Waals surface area contributed by atoms with E-state index in [1.807, 2.05) is 0 Å². The number of carbonyl (C=O) groups excluding carboxylic acids is 1. The Morgan fingerprint density at radius 1 is 1.37 bits per heavy atom. The maximum absolute atomic E-state index is 13.7.